The van der Waals surface area contributed by atoms with E-state index in [9.17, 15) is 13.2 Å². The van der Waals surface area contributed by atoms with Gasteiger partial charge in [0.25, 0.3) is 10.0 Å². The Labute approximate surface area is 174 Å². The lowest BCUT2D eigenvalue weighted by Gasteiger charge is -2.11. The number of ether oxygens (including phenoxy) is 1. The lowest BCUT2D eigenvalue weighted by molar-refractivity contribution is 0.0696. The third-order valence-corrected chi connectivity index (χ3v) is 5.60. The number of sulfonamides is 1. The van der Waals surface area contributed by atoms with Gasteiger partial charge in [0.2, 0.25) is 0 Å². The average Bonchev–Trinajstić information content (AvgIpc) is 2.73. The van der Waals surface area contributed by atoms with E-state index >= 15 is 0 Å². The molecule has 0 saturated heterocycles. The Morgan fingerprint density at radius 1 is 1.00 bits per heavy atom. The molecular weight excluding hydrogens is 404 g/mol. The van der Waals surface area contributed by atoms with E-state index in [1.807, 2.05) is 18.2 Å². The minimum atomic E-state index is -3.86. The van der Waals surface area contributed by atoms with Gasteiger partial charge < -0.3 is 9.84 Å². The number of carbonyl (C=O) groups is 1. The Hall–Kier alpha value is -3.83. The maximum absolute atomic E-state index is 12.5. The third-order valence-electron chi connectivity index (χ3n) is 4.20. The molecule has 0 aromatic heterocycles. The molecule has 2 N–H and O–H groups in total. The molecule has 0 atom stereocenters. The van der Waals surface area contributed by atoms with Gasteiger partial charge in [0.15, 0.2) is 0 Å². The number of carboxylic acids is 1. The van der Waals surface area contributed by atoms with Crippen molar-refractivity contribution in [2.45, 2.75) is 17.9 Å². The molecule has 0 unspecified atom stereocenters. The van der Waals surface area contributed by atoms with Crippen molar-refractivity contribution in [1.29, 1.82) is 5.26 Å². The minimum absolute atomic E-state index is 0.00810. The Kier molecular flexibility index (Phi) is 6.35. The van der Waals surface area contributed by atoms with Gasteiger partial charge in [-0.3, -0.25) is 4.72 Å². The van der Waals surface area contributed by atoms with Crippen LogP contribution in [-0.2, 0) is 23.1 Å². The molecule has 0 bridgehead atoms. The molecule has 0 aliphatic carbocycles. The van der Waals surface area contributed by atoms with E-state index in [0.29, 0.717) is 17.9 Å². The van der Waals surface area contributed by atoms with Crippen LogP contribution in [0.1, 0.15) is 21.5 Å². The number of carboxylic acid groups (broad SMARTS) is 1. The summed E-state index contributed by atoms with van der Waals surface area (Å²) in [6.45, 7) is 0.237. The van der Waals surface area contributed by atoms with Gasteiger partial charge in [0.1, 0.15) is 12.4 Å². The van der Waals surface area contributed by atoms with Crippen LogP contribution >= 0.6 is 0 Å². The van der Waals surface area contributed by atoms with Crippen molar-refractivity contribution < 1.29 is 23.1 Å². The summed E-state index contributed by atoms with van der Waals surface area (Å²) in [7, 11) is -3.86. The first-order valence-electron chi connectivity index (χ1n) is 8.91. The Morgan fingerprint density at radius 3 is 2.33 bits per heavy atom. The van der Waals surface area contributed by atoms with E-state index < -0.39 is 16.0 Å². The van der Waals surface area contributed by atoms with Crippen LogP contribution in [0.5, 0.6) is 5.75 Å². The van der Waals surface area contributed by atoms with Crippen molar-refractivity contribution in [3.8, 4) is 11.8 Å². The molecule has 8 heteroatoms. The zero-order valence-corrected chi connectivity index (χ0v) is 16.6. The normalized spacial score (nSPS) is 10.8. The van der Waals surface area contributed by atoms with Crippen LogP contribution in [0, 0.1) is 11.3 Å². The zero-order chi connectivity index (χ0) is 21.6. The topological polar surface area (TPSA) is 116 Å². The molecule has 0 fully saturated rings. The highest BCUT2D eigenvalue weighted by molar-refractivity contribution is 7.92. The van der Waals surface area contributed by atoms with E-state index in [2.05, 4.69) is 10.8 Å². The monoisotopic (exact) mass is 422 g/mol. The highest BCUT2D eigenvalue weighted by Gasteiger charge is 2.15. The summed E-state index contributed by atoms with van der Waals surface area (Å²) in [5, 5.41) is 17.6. The van der Waals surface area contributed by atoms with Gasteiger partial charge in [-0.2, -0.15) is 5.26 Å². The quantitative estimate of drug-likeness (QED) is 0.570. The highest BCUT2D eigenvalue weighted by Crippen LogP contribution is 2.20. The Balaban J connectivity index is 1.67. The summed E-state index contributed by atoms with van der Waals surface area (Å²) in [6.07, 6.45) is 0.335. The number of anilines is 1. The molecule has 3 aromatic rings. The first-order valence-corrected chi connectivity index (χ1v) is 10.4. The van der Waals surface area contributed by atoms with Crippen LogP contribution in [0.2, 0.25) is 0 Å². The standard InChI is InChI=1S/C22H18N2O5S/c23-13-12-16-4-8-20(9-5-16)29-15-17-2-1-3-19(14-17)24-30(27,28)21-10-6-18(7-11-21)22(25)26/h1-11,14,24H,12,15H2,(H,25,26). The van der Waals surface area contributed by atoms with Crippen molar-refractivity contribution in [2.75, 3.05) is 4.72 Å². The molecule has 3 aromatic carbocycles. The van der Waals surface area contributed by atoms with Gasteiger partial charge in [-0.15, -0.1) is 0 Å². The number of rotatable bonds is 8. The van der Waals surface area contributed by atoms with Crippen molar-refractivity contribution in [2.24, 2.45) is 0 Å². The molecular formula is C22H18N2O5S. The van der Waals surface area contributed by atoms with E-state index in [4.69, 9.17) is 15.1 Å². The van der Waals surface area contributed by atoms with Gasteiger partial charge in [0.05, 0.1) is 22.9 Å². The Bertz CT molecular complexity index is 1180. The summed E-state index contributed by atoms with van der Waals surface area (Å²) in [6, 6.07) is 21.0. The van der Waals surface area contributed by atoms with E-state index in [-0.39, 0.29) is 17.1 Å². The molecule has 0 heterocycles. The van der Waals surface area contributed by atoms with Gasteiger partial charge in [-0.25, -0.2) is 13.2 Å². The van der Waals surface area contributed by atoms with Crippen molar-refractivity contribution >= 4 is 21.7 Å². The Morgan fingerprint density at radius 2 is 1.70 bits per heavy atom. The number of hydrogen-bond acceptors (Lipinski definition) is 5. The number of nitrogens with zero attached hydrogens (tertiary/aromatic N) is 1. The maximum atomic E-state index is 12.5. The van der Waals surface area contributed by atoms with Crippen LogP contribution in [0.15, 0.2) is 77.7 Å². The first-order chi connectivity index (χ1) is 14.4. The summed E-state index contributed by atoms with van der Waals surface area (Å²) in [5.41, 5.74) is 2.03. The second kappa shape index (κ2) is 9.11. The SMILES string of the molecule is N#CCc1ccc(OCc2cccc(NS(=O)(=O)c3ccc(C(=O)O)cc3)c2)cc1. The van der Waals surface area contributed by atoms with Gasteiger partial charge in [-0.1, -0.05) is 24.3 Å². The largest absolute Gasteiger partial charge is 0.489 e. The molecule has 0 aliphatic heterocycles. The van der Waals surface area contributed by atoms with Crippen LogP contribution < -0.4 is 9.46 Å². The van der Waals surface area contributed by atoms with Crippen LogP contribution in [-0.4, -0.2) is 19.5 Å². The predicted molar refractivity (Wildman–Crippen MR) is 111 cm³/mol. The molecule has 0 saturated carbocycles. The first kappa shape index (κ1) is 20.9. The molecule has 30 heavy (non-hydrogen) atoms. The van der Waals surface area contributed by atoms with Crippen LogP contribution in [0.3, 0.4) is 0 Å². The lowest BCUT2D eigenvalue weighted by atomic mass is 10.1. The number of nitriles is 1. The lowest BCUT2D eigenvalue weighted by Crippen LogP contribution is -2.13. The molecule has 7 nitrogen and oxygen atoms in total. The second-order valence-electron chi connectivity index (χ2n) is 6.40. The van der Waals surface area contributed by atoms with Crippen LogP contribution in [0.4, 0.5) is 5.69 Å². The maximum Gasteiger partial charge on any atom is 0.335 e. The molecule has 0 spiro atoms. The predicted octanol–water partition coefficient (Wildman–Crippen LogP) is 3.83. The van der Waals surface area contributed by atoms with E-state index in [1.54, 1.807) is 30.3 Å². The van der Waals surface area contributed by atoms with Crippen LogP contribution in [0.25, 0.3) is 0 Å². The molecule has 152 valence electrons. The fourth-order valence-electron chi connectivity index (χ4n) is 2.68. The van der Waals surface area contributed by atoms with E-state index in [0.717, 1.165) is 11.1 Å². The molecule has 3 rings (SSSR count). The highest BCUT2D eigenvalue weighted by atomic mass is 32.2. The van der Waals surface area contributed by atoms with Gasteiger partial charge in [-0.05, 0) is 59.7 Å². The summed E-state index contributed by atoms with van der Waals surface area (Å²) in [4.78, 5) is 10.9. The number of benzene rings is 3. The van der Waals surface area contributed by atoms with E-state index in [1.165, 1.54) is 24.3 Å². The summed E-state index contributed by atoms with van der Waals surface area (Å²) < 4.78 is 33.3. The molecule has 0 aliphatic rings. The average molecular weight is 422 g/mol. The molecule has 0 radical (unpaired) electrons. The van der Waals surface area contributed by atoms with Crippen molar-refractivity contribution in [3.05, 3.63) is 89.5 Å². The number of nitrogens with one attached hydrogen (secondary N) is 1. The van der Waals surface area contributed by atoms with Crippen molar-refractivity contribution in [3.63, 3.8) is 0 Å². The summed E-state index contributed by atoms with van der Waals surface area (Å²) in [5.74, 6) is -0.486. The third kappa shape index (κ3) is 5.37. The zero-order valence-electron chi connectivity index (χ0n) is 15.8. The van der Waals surface area contributed by atoms with Crippen molar-refractivity contribution in [1.82, 2.24) is 0 Å². The minimum Gasteiger partial charge on any atom is -0.489 e. The smallest absolute Gasteiger partial charge is 0.335 e. The molecule has 0 amide bonds. The van der Waals surface area contributed by atoms with Gasteiger partial charge in [0, 0.05) is 5.69 Å². The summed E-state index contributed by atoms with van der Waals surface area (Å²) >= 11 is 0. The fraction of sp³-hybridized carbons (Fsp3) is 0.0909. The van der Waals surface area contributed by atoms with Gasteiger partial charge >= 0.3 is 5.97 Å². The number of aromatic carboxylic acids is 1. The fourth-order valence-corrected chi connectivity index (χ4v) is 3.73. The second-order valence-corrected chi connectivity index (χ2v) is 8.09. The number of hydrogen-bond donors (Lipinski definition) is 2.